The molecule has 0 fully saturated rings. The molecule has 0 unspecified atom stereocenters. The third-order valence-corrected chi connectivity index (χ3v) is 4.54. The van der Waals surface area contributed by atoms with Crippen LogP contribution in [-0.4, -0.2) is 9.55 Å². The van der Waals surface area contributed by atoms with Gasteiger partial charge in [0.15, 0.2) is 0 Å². The Bertz CT molecular complexity index is 1190. The maximum atomic E-state index is 13.3. The SMILES string of the molecule is N#Cc1c(-c2ccccc2)nc(-c2ccccc2)n(Cc2ccccc2)c1=O. The highest BCUT2D eigenvalue weighted by Gasteiger charge is 2.19. The van der Waals surface area contributed by atoms with E-state index in [1.165, 1.54) is 0 Å². The monoisotopic (exact) mass is 363 g/mol. The average molecular weight is 363 g/mol. The third kappa shape index (κ3) is 3.34. The summed E-state index contributed by atoms with van der Waals surface area (Å²) < 4.78 is 1.58. The highest BCUT2D eigenvalue weighted by molar-refractivity contribution is 5.69. The molecule has 1 heterocycles. The predicted molar refractivity (Wildman–Crippen MR) is 110 cm³/mol. The minimum atomic E-state index is -0.334. The zero-order valence-electron chi connectivity index (χ0n) is 15.1. The highest BCUT2D eigenvalue weighted by Crippen LogP contribution is 2.24. The fourth-order valence-electron chi connectivity index (χ4n) is 3.18. The molecular weight excluding hydrogens is 346 g/mol. The van der Waals surface area contributed by atoms with E-state index in [0.717, 1.165) is 16.7 Å². The minimum Gasteiger partial charge on any atom is -0.287 e. The van der Waals surface area contributed by atoms with Crippen molar-refractivity contribution in [2.24, 2.45) is 0 Å². The molecule has 0 bridgehead atoms. The Labute approximate surface area is 163 Å². The summed E-state index contributed by atoms with van der Waals surface area (Å²) >= 11 is 0. The van der Waals surface area contributed by atoms with E-state index in [0.29, 0.717) is 18.1 Å². The lowest BCUT2D eigenvalue weighted by Crippen LogP contribution is -2.27. The summed E-state index contributed by atoms with van der Waals surface area (Å²) in [5, 5.41) is 9.71. The van der Waals surface area contributed by atoms with Crippen molar-refractivity contribution in [1.82, 2.24) is 9.55 Å². The second kappa shape index (κ2) is 7.73. The normalized spacial score (nSPS) is 10.4. The van der Waals surface area contributed by atoms with E-state index in [1.54, 1.807) is 4.57 Å². The maximum absolute atomic E-state index is 13.3. The topological polar surface area (TPSA) is 58.7 Å². The number of nitriles is 1. The Morgan fingerprint density at radius 3 is 1.89 bits per heavy atom. The van der Waals surface area contributed by atoms with Crippen LogP contribution in [0.4, 0.5) is 0 Å². The van der Waals surface area contributed by atoms with Crippen molar-refractivity contribution < 1.29 is 0 Å². The smallest absolute Gasteiger partial charge is 0.272 e. The van der Waals surface area contributed by atoms with Gasteiger partial charge in [0.2, 0.25) is 0 Å². The fourth-order valence-corrected chi connectivity index (χ4v) is 3.18. The highest BCUT2D eigenvalue weighted by atomic mass is 16.1. The standard InChI is InChI=1S/C24H17N3O/c25-16-21-22(19-12-6-2-7-13-19)26-23(20-14-8-3-9-15-20)27(24(21)28)17-18-10-4-1-5-11-18/h1-15H,17H2. The molecule has 0 saturated heterocycles. The molecule has 0 radical (unpaired) electrons. The van der Waals surface area contributed by atoms with Gasteiger partial charge in [-0.15, -0.1) is 0 Å². The molecule has 134 valence electrons. The van der Waals surface area contributed by atoms with Crippen LogP contribution >= 0.6 is 0 Å². The van der Waals surface area contributed by atoms with Crippen molar-refractivity contribution in [2.75, 3.05) is 0 Å². The van der Waals surface area contributed by atoms with Crippen molar-refractivity contribution in [3.63, 3.8) is 0 Å². The predicted octanol–water partition coefficient (Wildman–Crippen LogP) is 4.50. The summed E-state index contributed by atoms with van der Waals surface area (Å²) in [4.78, 5) is 18.1. The van der Waals surface area contributed by atoms with Gasteiger partial charge in [0.1, 0.15) is 17.5 Å². The number of rotatable bonds is 4. The molecule has 28 heavy (non-hydrogen) atoms. The molecule has 0 N–H and O–H groups in total. The maximum Gasteiger partial charge on any atom is 0.272 e. The second-order valence-corrected chi connectivity index (χ2v) is 6.38. The first-order chi connectivity index (χ1) is 13.8. The van der Waals surface area contributed by atoms with E-state index in [4.69, 9.17) is 4.98 Å². The van der Waals surface area contributed by atoms with Gasteiger partial charge in [0, 0.05) is 11.1 Å². The van der Waals surface area contributed by atoms with Gasteiger partial charge >= 0.3 is 0 Å². The van der Waals surface area contributed by atoms with Crippen LogP contribution in [0.15, 0.2) is 95.8 Å². The van der Waals surface area contributed by atoms with Gasteiger partial charge in [-0.3, -0.25) is 9.36 Å². The summed E-state index contributed by atoms with van der Waals surface area (Å²) in [5.41, 5.74) is 2.69. The molecular formula is C24H17N3O. The number of aromatic nitrogens is 2. The van der Waals surface area contributed by atoms with E-state index in [-0.39, 0.29) is 11.1 Å². The fraction of sp³-hybridized carbons (Fsp3) is 0.0417. The zero-order valence-corrected chi connectivity index (χ0v) is 15.1. The van der Waals surface area contributed by atoms with E-state index in [2.05, 4.69) is 6.07 Å². The second-order valence-electron chi connectivity index (χ2n) is 6.38. The molecule has 0 amide bonds. The zero-order chi connectivity index (χ0) is 19.3. The Morgan fingerprint density at radius 2 is 1.32 bits per heavy atom. The molecule has 1 aromatic heterocycles. The van der Waals surface area contributed by atoms with Gasteiger partial charge in [-0.05, 0) is 5.56 Å². The Balaban J connectivity index is 2.00. The van der Waals surface area contributed by atoms with Gasteiger partial charge in [0.05, 0.1) is 12.2 Å². The lowest BCUT2D eigenvalue weighted by Gasteiger charge is -2.15. The quantitative estimate of drug-likeness (QED) is 0.536. The molecule has 4 heteroatoms. The Kier molecular flexibility index (Phi) is 4.81. The lowest BCUT2D eigenvalue weighted by atomic mass is 10.1. The van der Waals surface area contributed by atoms with E-state index in [1.807, 2.05) is 91.0 Å². The molecule has 4 aromatic rings. The van der Waals surface area contributed by atoms with Crippen LogP contribution in [-0.2, 0) is 6.54 Å². The molecule has 3 aromatic carbocycles. The average Bonchev–Trinajstić information content (AvgIpc) is 2.77. The summed E-state index contributed by atoms with van der Waals surface area (Å²) in [6.07, 6.45) is 0. The first-order valence-electron chi connectivity index (χ1n) is 8.97. The van der Waals surface area contributed by atoms with Crippen LogP contribution in [0.5, 0.6) is 0 Å². The van der Waals surface area contributed by atoms with E-state index < -0.39 is 0 Å². The van der Waals surface area contributed by atoms with Crippen LogP contribution in [0.3, 0.4) is 0 Å². The molecule has 0 aliphatic heterocycles. The summed E-state index contributed by atoms with van der Waals surface area (Å²) in [6.45, 7) is 0.348. The van der Waals surface area contributed by atoms with Crippen LogP contribution in [0.25, 0.3) is 22.6 Å². The first-order valence-corrected chi connectivity index (χ1v) is 8.97. The molecule has 0 aliphatic carbocycles. The summed E-state index contributed by atoms with van der Waals surface area (Å²) in [6, 6.07) is 30.7. The van der Waals surface area contributed by atoms with Crippen LogP contribution in [0, 0.1) is 11.3 Å². The van der Waals surface area contributed by atoms with E-state index >= 15 is 0 Å². The number of benzene rings is 3. The van der Waals surface area contributed by atoms with Crippen molar-refractivity contribution >= 4 is 0 Å². The van der Waals surface area contributed by atoms with Crippen molar-refractivity contribution in [3.8, 4) is 28.7 Å². The number of hydrogen-bond acceptors (Lipinski definition) is 3. The van der Waals surface area contributed by atoms with Crippen molar-refractivity contribution in [3.05, 3.63) is 112 Å². The molecule has 0 spiro atoms. The molecule has 0 aliphatic rings. The van der Waals surface area contributed by atoms with Gasteiger partial charge in [-0.25, -0.2) is 4.98 Å². The van der Waals surface area contributed by atoms with E-state index in [9.17, 15) is 10.1 Å². The van der Waals surface area contributed by atoms with Crippen LogP contribution in [0.1, 0.15) is 11.1 Å². The first kappa shape index (κ1) is 17.4. The molecule has 4 rings (SSSR count). The minimum absolute atomic E-state index is 0.0572. The third-order valence-electron chi connectivity index (χ3n) is 4.54. The van der Waals surface area contributed by atoms with Gasteiger partial charge < -0.3 is 0 Å². The van der Waals surface area contributed by atoms with Crippen molar-refractivity contribution in [2.45, 2.75) is 6.54 Å². The van der Waals surface area contributed by atoms with Crippen LogP contribution in [0.2, 0.25) is 0 Å². The van der Waals surface area contributed by atoms with Gasteiger partial charge in [-0.1, -0.05) is 91.0 Å². The summed E-state index contributed by atoms with van der Waals surface area (Å²) in [7, 11) is 0. The summed E-state index contributed by atoms with van der Waals surface area (Å²) in [5.74, 6) is 0.548. The molecule has 4 nitrogen and oxygen atoms in total. The van der Waals surface area contributed by atoms with Gasteiger partial charge in [-0.2, -0.15) is 5.26 Å². The lowest BCUT2D eigenvalue weighted by molar-refractivity contribution is 0.746. The molecule has 0 atom stereocenters. The molecule has 0 saturated carbocycles. The number of nitrogens with zero attached hydrogens (tertiary/aromatic N) is 3. The van der Waals surface area contributed by atoms with Crippen molar-refractivity contribution in [1.29, 1.82) is 5.26 Å². The number of hydrogen-bond donors (Lipinski definition) is 0. The van der Waals surface area contributed by atoms with Gasteiger partial charge in [0.25, 0.3) is 5.56 Å². The largest absolute Gasteiger partial charge is 0.287 e. The Hall–Kier alpha value is -3.97. The van der Waals surface area contributed by atoms with Crippen LogP contribution < -0.4 is 5.56 Å². The Morgan fingerprint density at radius 1 is 0.786 bits per heavy atom.